The maximum absolute atomic E-state index is 12.9. The number of aromatic nitrogens is 2. The van der Waals surface area contributed by atoms with Crippen molar-refractivity contribution in [2.75, 3.05) is 0 Å². The van der Waals surface area contributed by atoms with Crippen LogP contribution in [0.2, 0.25) is 0 Å². The van der Waals surface area contributed by atoms with Gasteiger partial charge in [0.25, 0.3) is 5.91 Å². The van der Waals surface area contributed by atoms with Gasteiger partial charge in [0.1, 0.15) is 0 Å². The number of nitrogens with one attached hydrogen (secondary N) is 2. The molecule has 3 rings (SSSR count). The first-order chi connectivity index (χ1) is 14.1. The highest BCUT2D eigenvalue weighted by Crippen LogP contribution is 2.31. The van der Waals surface area contributed by atoms with Gasteiger partial charge >= 0.3 is 5.76 Å². The Labute approximate surface area is 174 Å². The van der Waals surface area contributed by atoms with E-state index in [4.69, 9.17) is 0 Å². The fourth-order valence-corrected chi connectivity index (χ4v) is 4.37. The number of benzene rings is 2. The molecule has 8 nitrogen and oxygen atoms in total. The third-order valence-electron chi connectivity index (χ3n) is 4.53. The molecule has 1 unspecified atom stereocenters. The molecule has 1 atom stereocenters. The average molecular weight is 429 g/mol. The first kappa shape index (κ1) is 21.5. The molecular weight excluding hydrogens is 406 g/mol. The molecule has 0 aliphatic carbocycles. The highest BCUT2D eigenvalue weighted by atomic mass is 32.2. The van der Waals surface area contributed by atoms with Crippen molar-refractivity contribution in [3.05, 3.63) is 82.1 Å². The Morgan fingerprint density at radius 1 is 1.13 bits per heavy atom. The Morgan fingerprint density at radius 2 is 1.83 bits per heavy atom. The van der Waals surface area contributed by atoms with E-state index in [1.54, 1.807) is 24.3 Å². The number of rotatable bonds is 6. The zero-order chi connectivity index (χ0) is 21.9. The molecule has 9 heteroatoms. The Kier molecular flexibility index (Phi) is 5.93. The van der Waals surface area contributed by atoms with Crippen LogP contribution in [0, 0.1) is 5.41 Å². The first-order valence-electron chi connectivity index (χ1n) is 9.30. The van der Waals surface area contributed by atoms with Gasteiger partial charge in [-0.15, -0.1) is 0 Å². The van der Waals surface area contributed by atoms with Gasteiger partial charge < -0.3 is 5.32 Å². The minimum absolute atomic E-state index is 0.0566. The fraction of sp³-hybridized carbons (Fsp3) is 0.286. The highest BCUT2D eigenvalue weighted by molar-refractivity contribution is 7.90. The van der Waals surface area contributed by atoms with Crippen LogP contribution in [0.1, 0.15) is 48.6 Å². The van der Waals surface area contributed by atoms with Crippen LogP contribution in [0.5, 0.6) is 0 Å². The van der Waals surface area contributed by atoms with E-state index in [9.17, 15) is 18.0 Å². The number of carbonyl (C=O) groups is 1. The first-order valence-corrected chi connectivity index (χ1v) is 10.9. The van der Waals surface area contributed by atoms with E-state index in [1.807, 2.05) is 26.8 Å². The SMILES string of the molecule is CC(C)(C)C(NC(=O)c1cccc(S(=O)(=O)Cc2ccccc2)c1)c1noc(=O)[nH]1. The third kappa shape index (κ3) is 5.04. The summed E-state index contributed by atoms with van der Waals surface area (Å²) < 4.78 is 30.1. The van der Waals surface area contributed by atoms with Crippen molar-refractivity contribution in [3.63, 3.8) is 0 Å². The summed E-state index contributed by atoms with van der Waals surface area (Å²) in [5.41, 5.74) is 0.353. The molecular formula is C21H23N3O5S. The van der Waals surface area contributed by atoms with Crippen molar-refractivity contribution in [1.29, 1.82) is 0 Å². The van der Waals surface area contributed by atoms with E-state index >= 15 is 0 Å². The lowest BCUT2D eigenvalue weighted by Crippen LogP contribution is -2.37. The van der Waals surface area contributed by atoms with E-state index in [-0.39, 0.29) is 22.0 Å². The van der Waals surface area contributed by atoms with Gasteiger partial charge in [-0.25, -0.2) is 13.2 Å². The van der Waals surface area contributed by atoms with Crippen LogP contribution >= 0.6 is 0 Å². The van der Waals surface area contributed by atoms with Crippen molar-refractivity contribution in [2.45, 2.75) is 37.5 Å². The number of sulfone groups is 1. The monoisotopic (exact) mass is 429 g/mol. The molecule has 2 N–H and O–H groups in total. The molecule has 0 spiro atoms. The van der Waals surface area contributed by atoms with Crippen molar-refractivity contribution < 1.29 is 17.7 Å². The number of aromatic amines is 1. The number of H-pyrrole nitrogens is 1. The summed E-state index contributed by atoms with van der Waals surface area (Å²) in [6, 6.07) is 14.0. The van der Waals surface area contributed by atoms with Gasteiger partial charge in [-0.1, -0.05) is 62.3 Å². The van der Waals surface area contributed by atoms with Crippen molar-refractivity contribution in [1.82, 2.24) is 15.5 Å². The summed E-state index contributed by atoms with van der Waals surface area (Å²) in [6.07, 6.45) is 0. The standard InChI is InChI=1S/C21H23N3O5S/c1-21(2,3)17(18-23-20(26)29-24-18)22-19(25)15-10-7-11-16(12-15)30(27,28)13-14-8-5-4-6-9-14/h4-12,17H,13H2,1-3H3,(H,22,25)(H,23,24,26). The molecule has 1 aromatic heterocycles. The largest absolute Gasteiger partial charge is 0.438 e. The molecule has 30 heavy (non-hydrogen) atoms. The Hall–Kier alpha value is -3.20. The molecule has 0 aliphatic heterocycles. The van der Waals surface area contributed by atoms with Gasteiger partial charge in [-0.05, 0) is 29.2 Å². The number of hydrogen-bond acceptors (Lipinski definition) is 6. The zero-order valence-electron chi connectivity index (χ0n) is 16.9. The van der Waals surface area contributed by atoms with Gasteiger partial charge in [0.2, 0.25) is 0 Å². The quantitative estimate of drug-likeness (QED) is 0.621. The third-order valence-corrected chi connectivity index (χ3v) is 6.21. The molecule has 0 radical (unpaired) electrons. The minimum atomic E-state index is -3.63. The Bertz CT molecular complexity index is 1190. The highest BCUT2D eigenvalue weighted by Gasteiger charge is 2.31. The lowest BCUT2D eigenvalue weighted by atomic mass is 9.86. The number of nitrogens with zero attached hydrogens (tertiary/aromatic N) is 1. The second kappa shape index (κ2) is 8.27. The molecule has 1 amide bonds. The predicted octanol–water partition coefficient (Wildman–Crippen LogP) is 2.85. The van der Waals surface area contributed by atoms with E-state index in [0.717, 1.165) is 0 Å². The van der Waals surface area contributed by atoms with Crippen LogP contribution in [-0.2, 0) is 15.6 Å². The van der Waals surface area contributed by atoms with E-state index in [1.165, 1.54) is 24.3 Å². The van der Waals surface area contributed by atoms with Crippen molar-refractivity contribution in [2.24, 2.45) is 5.41 Å². The summed E-state index contributed by atoms with van der Waals surface area (Å²) in [5.74, 6) is -1.18. The van der Waals surface area contributed by atoms with Crippen LogP contribution in [0.3, 0.4) is 0 Å². The summed E-state index contributed by atoms with van der Waals surface area (Å²) in [7, 11) is -3.63. The summed E-state index contributed by atoms with van der Waals surface area (Å²) in [4.78, 5) is 26.7. The lowest BCUT2D eigenvalue weighted by molar-refractivity contribution is 0.0896. The normalized spacial score (nSPS) is 13.0. The average Bonchev–Trinajstić information content (AvgIpc) is 3.11. The molecule has 1 heterocycles. The number of amides is 1. The Morgan fingerprint density at radius 3 is 2.43 bits per heavy atom. The second-order valence-electron chi connectivity index (χ2n) is 8.03. The summed E-state index contributed by atoms with van der Waals surface area (Å²) in [6.45, 7) is 5.60. The maximum atomic E-state index is 12.9. The van der Waals surface area contributed by atoms with Crippen LogP contribution in [0.25, 0.3) is 0 Å². The van der Waals surface area contributed by atoms with Gasteiger partial charge in [-0.3, -0.25) is 14.3 Å². The van der Waals surface area contributed by atoms with Gasteiger partial charge in [0.05, 0.1) is 16.7 Å². The van der Waals surface area contributed by atoms with Crippen molar-refractivity contribution >= 4 is 15.7 Å². The molecule has 0 bridgehead atoms. The van der Waals surface area contributed by atoms with Gasteiger partial charge in [-0.2, -0.15) is 0 Å². The number of hydrogen-bond donors (Lipinski definition) is 2. The topological polar surface area (TPSA) is 122 Å². The van der Waals surface area contributed by atoms with E-state index < -0.39 is 33.0 Å². The molecule has 0 aliphatic rings. The van der Waals surface area contributed by atoms with Crippen molar-refractivity contribution in [3.8, 4) is 0 Å². The van der Waals surface area contributed by atoms with Crippen LogP contribution < -0.4 is 11.1 Å². The maximum Gasteiger partial charge on any atom is 0.438 e. The molecule has 3 aromatic rings. The lowest BCUT2D eigenvalue weighted by Gasteiger charge is -2.29. The fourth-order valence-electron chi connectivity index (χ4n) is 2.98. The molecule has 0 saturated carbocycles. The summed E-state index contributed by atoms with van der Waals surface area (Å²) in [5, 5.41) is 6.48. The zero-order valence-corrected chi connectivity index (χ0v) is 17.7. The smallest absolute Gasteiger partial charge is 0.341 e. The second-order valence-corrected chi connectivity index (χ2v) is 10.0. The van der Waals surface area contributed by atoms with E-state index in [2.05, 4.69) is 20.0 Å². The number of carbonyl (C=O) groups excluding carboxylic acids is 1. The summed E-state index contributed by atoms with van der Waals surface area (Å²) >= 11 is 0. The van der Waals surface area contributed by atoms with Crippen LogP contribution in [0.4, 0.5) is 0 Å². The van der Waals surface area contributed by atoms with Crippen LogP contribution in [-0.4, -0.2) is 24.5 Å². The van der Waals surface area contributed by atoms with E-state index in [0.29, 0.717) is 5.56 Å². The van der Waals surface area contributed by atoms with Gasteiger partial charge in [0, 0.05) is 5.56 Å². The molecule has 158 valence electrons. The molecule has 2 aromatic carbocycles. The molecule has 0 saturated heterocycles. The predicted molar refractivity (Wildman–Crippen MR) is 111 cm³/mol. The van der Waals surface area contributed by atoms with Gasteiger partial charge in [0.15, 0.2) is 15.7 Å². The Balaban J connectivity index is 1.85. The minimum Gasteiger partial charge on any atom is -0.341 e. The molecule has 0 fully saturated rings. The van der Waals surface area contributed by atoms with Crippen LogP contribution in [0.15, 0.2) is 68.8 Å².